The van der Waals surface area contributed by atoms with Crippen LogP contribution in [0.15, 0.2) is 30.3 Å². The highest BCUT2D eigenvalue weighted by atomic mass is 32.1. The smallest absolute Gasteiger partial charge is 0.188 e. The van der Waals surface area contributed by atoms with Crippen molar-refractivity contribution >= 4 is 26.8 Å². The maximum absolute atomic E-state index is 4.83. The molecule has 1 aliphatic heterocycles. The molecule has 0 saturated heterocycles. The van der Waals surface area contributed by atoms with Gasteiger partial charge in [-0.05, 0) is 6.92 Å². The molecule has 26 heavy (non-hydrogen) atoms. The third-order valence-corrected chi connectivity index (χ3v) is 6.08. The third kappa shape index (κ3) is 2.40. The number of aryl methyl sites for hydroxylation is 2. The van der Waals surface area contributed by atoms with Crippen LogP contribution in [0.4, 0.5) is 5.13 Å². The molecule has 8 heteroatoms. The van der Waals surface area contributed by atoms with Gasteiger partial charge in [-0.2, -0.15) is 5.10 Å². The molecule has 0 saturated carbocycles. The van der Waals surface area contributed by atoms with Crippen molar-refractivity contribution in [3.63, 3.8) is 0 Å². The number of rotatable bonds is 2. The topological polar surface area (TPSA) is 64.7 Å². The van der Waals surface area contributed by atoms with Gasteiger partial charge in [0.25, 0.3) is 0 Å². The lowest BCUT2D eigenvalue weighted by molar-refractivity contribution is 0.691. The maximum Gasteiger partial charge on any atom is 0.188 e. The Morgan fingerprint density at radius 2 is 1.88 bits per heavy atom. The predicted molar refractivity (Wildman–Crippen MR) is 102 cm³/mol. The van der Waals surface area contributed by atoms with Crippen LogP contribution >= 0.6 is 11.3 Å². The van der Waals surface area contributed by atoms with Crippen LogP contribution in [0.1, 0.15) is 11.5 Å². The zero-order chi connectivity index (χ0) is 17.7. The molecule has 0 N–H and O–H groups in total. The highest BCUT2D eigenvalue weighted by Crippen LogP contribution is 2.31. The van der Waals surface area contributed by atoms with Crippen LogP contribution in [0.3, 0.4) is 0 Å². The molecule has 7 nitrogen and oxygen atoms in total. The highest BCUT2D eigenvalue weighted by Gasteiger charge is 2.22. The molecule has 0 radical (unpaired) electrons. The predicted octanol–water partition coefficient (Wildman–Crippen LogP) is 2.66. The number of hydrogen-bond acceptors (Lipinski definition) is 6. The molecule has 0 spiro atoms. The van der Waals surface area contributed by atoms with Crippen LogP contribution in [-0.2, 0) is 20.0 Å². The Bertz CT molecular complexity index is 1040. The lowest BCUT2D eigenvalue weighted by Crippen LogP contribution is -2.26. The number of nitrogens with zero attached hydrogens (tertiary/aromatic N) is 7. The fourth-order valence-electron chi connectivity index (χ4n) is 3.52. The van der Waals surface area contributed by atoms with E-state index in [0.717, 1.165) is 59.7 Å². The molecule has 132 valence electrons. The number of hydrogen-bond donors (Lipinski definition) is 0. The monoisotopic (exact) mass is 365 g/mol. The summed E-state index contributed by atoms with van der Waals surface area (Å²) in [5, 5.41) is 14.4. The van der Waals surface area contributed by atoms with E-state index in [1.165, 1.54) is 4.70 Å². The quantitative estimate of drug-likeness (QED) is 0.546. The molecule has 4 heterocycles. The van der Waals surface area contributed by atoms with Crippen LogP contribution < -0.4 is 4.90 Å². The van der Waals surface area contributed by atoms with Gasteiger partial charge in [-0.3, -0.25) is 0 Å². The van der Waals surface area contributed by atoms with E-state index in [9.17, 15) is 0 Å². The summed E-state index contributed by atoms with van der Waals surface area (Å²) >= 11 is 1.73. The van der Waals surface area contributed by atoms with Gasteiger partial charge in [0.05, 0.1) is 10.4 Å². The van der Waals surface area contributed by atoms with E-state index in [1.54, 1.807) is 11.3 Å². The van der Waals surface area contributed by atoms with Gasteiger partial charge in [0.1, 0.15) is 5.82 Å². The minimum atomic E-state index is 0.861. The molecule has 0 unspecified atom stereocenters. The van der Waals surface area contributed by atoms with E-state index in [1.807, 2.05) is 36.9 Å². The van der Waals surface area contributed by atoms with E-state index >= 15 is 0 Å². The van der Waals surface area contributed by atoms with Gasteiger partial charge in [0.2, 0.25) is 0 Å². The van der Waals surface area contributed by atoms with Crippen LogP contribution in [0.5, 0.6) is 0 Å². The number of aromatic nitrogens is 6. The Hall–Kier alpha value is -2.74. The Morgan fingerprint density at radius 1 is 1.04 bits per heavy atom. The summed E-state index contributed by atoms with van der Waals surface area (Å²) in [6.45, 7) is 4.70. The molecule has 4 aromatic rings. The van der Waals surface area contributed by atoms with Crippen molar-refractivity contribution in [2.45, 2.75) is 19.9 Å². The molecule has 0 fully saturated rings. The molecular formula is C18H19N7S. The summed E-state index contributed by atoms with van der Waals surface area (Å²) in [4.78, 5) is 7.18. The first-order valence-corrected chi connectivity index (χ1v) is 9.55. The van der Waals surface area contributed by atoms with Gasteiger partial charge in [0.15, 0.2) is 16.6 Å². The van der Waals surface area contributed by atoms with Gasteiger partial charge >= 0.3 is 0 Å². The highest BCUT2D eigenvalue weighted by molar-refractivity contribution is 7.22. The minimum absolute atomic E-state index is 0.861. The Morgan fingerprint density at radius 3 is 2.69 bits per heavy atom. The van der Waals surface area contributed by atoms with E-state index in [-0.39, 0.29) is 0 Å². The normalized spacial score (nSPS) is 14.6. The number of fused-ring (bicyclic) bond motifs is 2. The maximum atomic E-state index is 4.83. The van der Waals surface area contributed by atoms with Gasteiger partial charge in [-0.1, -0.05) is 41.7 Å². The van der Waals surface area contributed by atoms with Gasteiger partial charge in [-0.15, -0.1) is 10.2 Å². The van der Waals surface area contributed by atoms with E-state index in [0.29, 0.717) is 0 Å². The number of benzene rings is 1. The molecule has 1 aromatic carbocycles. The Kier molecular flexibility index (Phi) is 3.53. The van der Waals surface area contributed by atoms with Gasteiger partial charge in [-0.25, -0.2) is 9.67 Å². The van der Waals surface area contributed by atoms with Crippen LogP contribution in [0.25, 0.3) is 21.7 Å². The SMILES string of the molecule is Cc1nn(C)c2nc(N3CCc4nnc(-c5ccccc5)n4CC3)sc12. The van der Waals surface area contributed by atoms with Crippen molar-refractivity contribution in [2.24, 2.45) is 7.05 Å². The average molecular weight is 365 g/mol. The van der Waals surface area contributed by atoms with E-state index in [4.69, 9.17) is 4.98 Å². The fourth-order valence-corrected chi connectivity index (χ4v) is 4.61. The lowest BCUT2D eigenvalue weighted by atomic mass is 10.2. The Balaban J connectivity index is 1.45. The molecule has 0 aliphatic carbocycles. The molecule has 0 bridgehead atoms. The van der Waals surface area contributed by atoms with Crippen molar-refractivity contribution < 1.29 is 0 Å². The fraction of sp³-hybridized carbons (Fsp3) is 0.333. The van der Waals surface area contributed by atoms with Crippen LogP contribution in [0.2, 0.25) is 0 Å². The number of thiazole rings is 1. The Labute approximate surface area is 154 Å². The third-order valence-electron chi connectivity index (χ3n) is 4.86. The molecule has 1 aliphatic rings. The first-order chi connectivity index (χ1) is 12.7. The van der Waals surface area contributed by atoms with Gasteiger partial charge < -0.3 is 9.47 Å². The van der Waals surface area contributed by atoms with Crippen molar-refractivity contribution in [1.82, 2.24) is 29.5 Å². The lowest BCUT2D eigenvalue weighted by Gasteiger charge is -2.18. The molecule has 5 rings (SSSR count). The summed E-state index contributed by atoms with van der Waals surface area (Å²) in [5.74, 6) is 2.00. The summed E-state index contributed by atoms with van der Waals surface area (Å²) in [7, 11) is 1.95. The molecule has 0 amide bonds. The first-order valence-electron chi connectivity index (χ1n) is 8.73. The summed E-state index contributed by atoms with van der Waals surface area (Å²) in [5.41, 5.74) is 3.13. The number of anilines is 1. The van der Waals surface area contributed by atoms with Crippen molar-refractivity contribution in [2.75, 3.05) is 18.0 Å². The first kappa shape index (κ1) is 15.5. The second kappa shape index (κ2) is 5.91. The second-order valence-electron chi connectivity index (χ2n) is 6.55. The minimum Gasteiger partial charge on any atom is -0.346 e. The standard InChI is InChI=1S/C18H19N7S/c1-12-15-17(23(2)22-12)19-18(26-15)24-9-8-14-20-21-16(25(14)11-10-24)13-6-4-3-5-7-13/h3-7H,8-11H2,1-2H3. The van der Waals surface area contributed by atoms with Crippen molar-refractivity contribution in [3.05, 3.63) is 41.9 Å². The molecule has 0 atom stereocenters. The molecular weight excluding hydrogens is 346 g/mol. The van der Waals surface area contributed by atoms with Crippen molar-refractivity contribution in [3.8, 4) is 11.4 Å². The van der Waals surface area contributed by atoms with E-state index < -0.39 is 0 Å². The second-order valence-corrected chi connectivity index (χ2v) is 7.53. The van der Waals surface area contributed by atoms with Crippen LogP contribution in [0, 0.1) is 6.92 Å². The van der Waals surface area contributed by atoms with E-state index in [2.05, 4.69) is 36.9 Å². The zero-order valence-electron chi connectivity index (χ0n) is 14.8. The average Bonchev–Trinajstić information content (AvgIpc) is 3.29. The van der Waals surface area contributed by atoms with Gasteiger partial charge in [0, 0.05) is 38.7 Å². The zero-order valence-corrected chi connectivity index (χ0v) is 15.6. The largest absolute Gasteiger partial charge is 0.346 e. The van der Waals surface area contributed by atoms with Crippen molar-refractivity contribution in [1.29, 1.82) is 0 Å². The molecule has 3 aromatic heterocycles. The summed E-state index contributed by atoms with van der Waals surface area (Å²) < 4.78 is 5.29. The summed E-state index contributed by atoms with van der Waals surface area (Å²) in [6, 6.07) is 10.3. The van der Waals surface area contributed by atoms with Crippen LogP contribution in [-0.4, -0.2) is 42.6 Å². The summed E-state index contributed by atoms with van der Waals surface area (Å²) in [6.07, 6.45) is 0.868.